The zero-order valence-corrected chi connectivity index (χ0v) is 16.1. The molecule has 2 N–H and O–H groups in total. The molecule has 0 bridgehead atoms. The average molecular weight is 392 g/mol. The predicted molar refractivity (Wildman–Crippen MR) is 114 cm³/mol. The second kappa shape index (κ2) is 9.25. The number of ether oxygens (including phenoxy) is 2. The summed E-state index contributed by atoms with van der Waals surface area (Å²) in [6.45, 7) is 3.76. The van der Waals surface area contributed by atoms with E-state index in [1.165, 1.54) is 0 Å². The lowest BCUT2D eigenvalue weighted by Crippen LogP contribution is -2.37. The monoisotopic (exact) mass is 392 g/mol. The van der Waals surface area contributed by atoms with Crippen LogP contribution in [-0.4, -0.2) is 50.5 Å². The van der Waals surface area contributed by atoms with Crippen LogP contribution in [0.5, 0.6) is 5.75 Å². The first-order valence-electron chi connectivity index (χ1n) is 9.74. The zero-order valence-electron chi connectivity index (χ0n) is 16.1. The molecule has 0 atom stereocenters. The quantitative estimate of drug-likeness (QED) is 0.630. The van der Waals surface area contributed by atoms with Gasteiger partial charge in [-0.25, -0.2) is 4.79 Å². The molecule has 0 spiro atoms. The van der Waals surface area contributed by atoms with E-state index in [-0.39, 0.29) is 6.03 Å². The standard InChI is InChI=1S/C22H24N4O3/c27-22(25-18-7-1-2-8-19(18)26-12-15-28-16-13-26)24-11-14-29-20-9-3-5-17-6-4-10-23-21(17)20/h1-10H,11-16H2,(H2,24,25,27). The summed E-state index contributed by atoms with van der Waals surface area (Å²) in [4.78, 5) is 18.9. The van der Waals surface area contributed by atoms with Crippen molar-refractivity contribution in [3.05, 3.63) is 60.8 Å². The number of morpholine rings is 1. The third-order valence-corrected chi connectivity index (χ3v) is 4.74. The van der Waals surface area contributed by atoms with E-state index < -0.39 is 0 Å². The number of benzene rings is 2. The molecular weight excluding hydrogens is 368 g/mol. The summed E-state index contributed by atoms with van der Waals surface area (Å²) in [6, 6.07) is 17.2. The first-order chi connectivity index (χ1) is 14.3. The Morgan fingerprint density at radius 3 is 2.79 bits per heavy atom. The van der Waals surface area contributed by atoms with E-state index in [4.69, 9.17) is 9.47 Å². The number of hydrogen-bond donors (Lipinski definition) is 2. The van der Waals surface area contributed by atoms with Gasteiger partial charge in [-0.2, -0.15) is 0 Å². The van der Waals surface area contributed by atoms with Crippen molar-refractivity contribution in [1.82, 2.24) is 10.3 Å². The Bertz CT molecular complexity index is 968. The number of nitrogens with zero attached hydrogens (tertiary/aromatic N) is 2. The first-order valence-corrected chi connectivity index (χ1v) is 9.74. The lowest BCUT2D eigenvalue weighted by molar-refractivity contribution is 0.123. The van der Waals surface area contributed by atoms with Crippen LogP contribution in [0.1, 0.15) is 0 Å². The Hall–Kier alpha value is -3.32. The lowest BCUT2D eigenvalue weighted by atomic mass is 10.2. The fraction of sp³-hybridized carbons (Fsp3) is 0.273. The number of fused-ring (bicyclic) bond motifs is 1. The SMILES string of the molecule is O=C(NCCOc1cccc2cccnc12)Nc1ccccc1N1CCOCC1. The molecule has 1 saturated heterocycles. The van der Waals surface area contributed by atoms with Gasteiger partial charge in [0, 0.05) is 24.7 Å². The molecule has 1 aliphatic rings. The Morgan fingerprint density at radius 1 is 1.07 bits per heavy atom. The minimum Gasteiger partial charge on any atom is -0.489 e. The van der Waals surface area contributed by atoms with E-state index in [2.05, 4.69) is 20.5 Å². The third-order valence-electron chi connectivity index (χ3n) is 4.74. The summed E-state index contributed by atoms with van der Waals surface area (Å²) in [5, 5.41) is 6.80. The largest absolute Gasteiger partial charge is 0.489 e. The normalized spacial score (nSPS) is 13.9. The van der Waals surface area contributed by atoms with Gasteiger partial charge in [-0.3, -0.25) is 4.98 Å². The van der Waals surface area contributed by atoms with Crippen LogP contribution in [0.25, 0.3) is 10.9 Å². The Morgan fingerprint density at radius 2 is 1.90 bits per heavy atom. The van der Waals surface area contributed by atoms with E-state index in [1.54, 1.807) is 6.20 Å². The van der Waals surface area contributed by atoms with Crippen LogP contribution in [0, 0.1) is 0 Å². The molecule has 7 nitrogen and oxygen atoms in total. The number of pyridine rings is 1. The molecule has 4 rings (SSSR count). The van der Waals surface area contributed by atoms with Crippen LogP contribution in [0.15, 0.2) is 60.8 Å². The van der Waals surface area contributed by atoms with E-state index in [0.717, 1.165) is 35.4 Å². The summed E-state index contributed by atoms with van der Waals surface area (Å²) in [5.41, 5.74) is 2.61. The van der Waals surface area contributed by atoms with Gasteiger partial charge in [0.25, 0.3) is 0 Å². The number of carbonyl (C=O) groups is 1. The third kappa shape index (κ3) is 4.75. The molecule has 1 aromatic heterocycles. The van der Waals surface area contributed by atoms with Crippen LogP contribution < -0.4 is 20.3 Å². The zero-order chi connectivity index (χ0) is 19.9. The van der Waals surface area contributed by atoms with Crippen molar-refractivity contribution in [1.29, 1.82) is 0 Å². The van der Waals surface area contributed by atoms with Crippen LogP contribution >= 0.6 is 0 Å². The van der Waals surface area contributed by atoms with Gasteiger partial charge >= 0.3 is 6.03 Å². The topological polar surface area (TPSA) is 75.7 Å². The van der Waals surface area contributed by atoms with Crippen molar-refractivity contribution in [2.45, 2.75) is 0 Å². The number of hydrogen-bond acceptors (Lipinski definition) is 5. The van der Waals surface area contributed by atoms with Gasteiger partial charge in [0.2, 0.25) is 0 Å². The smallest absolute Gasteiger partial charge is 0.319 e. The molecule has 0 saturated carbocycles. The maximum atomic E-state index is 12.3. The van der Waals surface area contributed by atoms with E-state index in [1.807, 2.05) is 54.6 Å². The Labute approximate surface area is 169 Å². The highest BCUT2D eigenvalue weighted by molar-refractivity contribution is 5.93. The minimum absolute atomic E-state index is 0.259. The molecule has 2 amide bonds. The number of urea groups is 1. The van der Waals surface area contributed by atoms with Crippen molar-refractivity contribution in [2.24, 2.45) is 0 Å². The number of anilines is 2. The van der Waals surface area contributed by atoms with Crippen molar-refractivity contribution in [3.8, 4) is 5.75 Å². The van der Waals surface area contributed by atoms with Gasteiger partial charge in [-0.15, -0.1) is 0 Å². The second-order valence-corrected chi connectivity index (χ2v) is 6.68. The van der Waals surface area contributed by atoms with Gasteiger partial charge in [0.15, 0.2) is 0 Å². The number of para-hydroxylation sites is 3. The van der Waals surface area contributed by atoms with Crippen LogP contribution in [0.3, 0.4) is 0 Å². The Kier molecular flexibility index (Phi) is 6.07. The number of aromatic nitrogens is 1. The van der Waals surface area contributed by atoms with Gasteiger partial charge in [-0.05, 0) is 24.3 Å². The van der Waals surface area contributed by atoms with Crippen LogP contribution in [0.2, 0.25) is 0 Å². The fourth-order valence-corrected chi connectivity index (χ4v) is 3.34. The van der Waals surface area contributed by atoms with Crippen molar-refractivity contribution >= 4 is 28.3 Å². The lowest BCUT2D eigenvalue weighted by Gasteiger charge is -2.30. The molecule has 7 heteroatoms. The second-order valence-electron chi connectivity index (χ2n) is 6.68. The van der Waals surface area contributed by atoms with Crippen molar-refractivity contribution in [2.75, 3.05) is 49.7 Å². The molecule has 0 radical (unpaired) electrons. The molecular formula is C22H24N4O3. The van der Waals surface area contributed by atoms with Crippen LogP contribution in [-0.2, 0) is 4.74 Å². The highest BCUT2D eigenvalue weighted by Crippen LogP contribution is 2.26. The van der Waals surface area contributed by atoms with E-state index in [9.17, 15) is 4.79 Å². The van der Waals surface area contributed by atoms with Gasteiger partial charge in [0.05, 0.1) is 31.1 Å². The summed E-state index contributed by atoms with van der Waals surface area (Å²) < 4.78 is 11.2. The highest BCUT2D eigenvalue weighted by Gasteiger charge is 2.15. The molecule has 1 fully saturated rings. The molecule has 2 heterocycles. The Balaban J connectivity index is 1.30. The molecule has 3 aromatic rings. The predicted octanol–water partition coefficient (Wildman–Crippen LogP) is 3.27. The molecule has 150 valence electrons. The van der Waals surface area contributed by atoms with Crippen molar-refractivity contribution < 1.29 is 14.3 Å². The molecule has 29 heavy (non-hydrogen) atoms. The van der Waals surface area contributed by atoms with Gasteiger partial charge in [-0.1, -0.05) is 30.3 Å². The number of carbonyl (C=O) groups excluding carboxylic acids is 1. The maximum absolute atomic E-state index is 12.3. The number of amides is 2. The number of rotatable bonds is 6. The number of nitrogens with one attached hydrogen (secondary N) is 2. The molecule has 1 aliphatic heterocycles. The summed E-state index contributed by atoms with van der Waals surface area (Å²) in [5.74, 6) is 0.711. The van der Waals surface area contributed by atoms with E-state index >= 15 is 0 Å². The molecule has 0 aliphatic carbocycles. The summed E-state index contributed by atoms with van der Waals surface area (Å²) >= 11 is 0. The minimum atomic E-state index is -0.259. The van der Waals surface area contributed by atoms with Crippen LogP contribution in [0.4, 0.5) is 16.2 Å². The van der Waals surface area contributed by atoms with Gasteiger partial charge in [0.1, 0.15) is 17.9 Å². The van der Waals surface area contributed by atoms with Crippen molar-refractivity contribution in [3.63, 3.8) is 0 Å². The fourth-order valence-electron chi connectivity index (χ4n) is 3.34. The summed E-state index contributed by atoms with van der Waals surface area (Å²) in [6.07, 6.45) is 1.74. The average Bonchev–Trinajstić information content (AvgIpc) is 2.78. The van der Waals surface area contributed by atoms with Gasteiger partial charge < -0.3 is 25.0 Å². The molecule has 2 aromatic carbocycles. The maximum Gasteiger partial charge on any atom is 0.319 e. The first kappa shape index (κ1) is 19.0. The summed E-state index contributed by atoms with van der Waals surface area (Å²) in [7, 11) is 0. The molecule has 0 unspecified atom stereocenters. The van der Waals surface area contributed by atoms with E-state index in [0.29, 0.717) is 32.1 Å². The highest BCUT2D eigenvalue weighted by atomic mass is 16.5.